The topological polar surface area (TPSA) is 54.1 Å². The molecule has 1 aromatic heterocycles. The molecule has 0 aliphatic heterocycles. The first-order valence-corrected chi connectivity index (χ1v) is 6.77. The maximum atomic E-state index is 12.2. The average molecular weight is 301 g/mol. The first-order valence-electron chi connectivity index (χ1n) is 6.39. The van der Waals surface area contributed by atoms with Crippen molar-refractivity contribution in [3.05, 3.63) is 59.2 Å². The molecular weight excluding hydrogens is 288 g/mol. The monoisotopic (exact) mass is 300 g/mol. The second-order valence-electron chi connectivity index (χ2n) is 4.60. The van der Waals surface area contributed by atoms with Gasteiger partial charge in [0.15, 0.2) is 0 Å². The predicted molar refractivity (Wildman–Crippen MR) is 84.3 cm³/mol. The van der Waals surface area contributed by atoms with Gasteiger partial charge in [-0.3, -0.25) is 4.79 Å². The summed E-state index contributed by atoms with van der Waals surface area (Å²) in [6.07, 6.45) is 0. The highest BCUT2D eigenvalue weighted by molar-refractivity contribution is 6.30. The number of fused-ring (bicyclic) bond motifs is 1. The number of amides is 1. The van der Waals surface area contributed by atoms with Crippen LogP contribution in [0.3, 0.4) is 0 Å². The Bertz CT molecular complexity index is 794. The zero-order valence-electron chi connectivity index (χ0n) is 11.3. The van der Waals surface area contributed by atoms with E-state index in [0.29, 0.717) is 16.4 Å². The van der Waals surface area contributed by atoms with E-state index in [4.69, 9.17) is 16.3 Å². The highest BCUT2D eigenvalue weighted by Gasteiger charge is 2.10. The zero-order chi connectivity index (χ0) is 14.8. The molecule has 3 rings (SSSR count). The summed E-state index contributed by atoms with van der Waals surface area (Å²) in [7, 11) is 1.61. The quantitative estimate of drug-likeness (QED) is 0.765. The number of carbonyl (C=O) groups is 1. The molecule has 1 heterocycles. The number of hydrogen-bond donors (Lipinski definition) is 2. The van der Waals surface area contributed by atoms with Gasteiger partial charge >= 0.3 is 0 Å². The Morgan fingerprint density at radius 1 is 1.14 bits per heavy atom. The van der Waals surface area contributed by atoms with Crippen LogP contribution in [0.5, 0.6) is 5.75 Å². The molecule has 106 valence electrons. The van der Waals surface area contributed by atoms with Gasteiger partial charge in [0.25, 0.3) is 5.91 Å². The fourth-order valence-electron chi connectivity index (χ4n) is 2.09. The lowest BCUT2D eigenvalue weighted by molar-refractivity contribution is 0.102. The molecule has 0 saturated carbocycles. The number of nitrogens with one attached hydrogen (secondary N) is 2. The Morgan fingerprint density at radius 3 is 2.62 bits per heavy atom. The lowest BCUT2D eigenvalue weighted by atomic mass is 10.2. The van der Waals surface area contributed by atoms with Gasteiger partial charge in [-0.15, -0.1) is 0 Å². The summed E-state index contributed by atoms with van der Waals surface area (Å²) in [5.41, 5.74) is 2.07. The standard InChI is InChI=1S/C16H13ClN2O2/c1-21-13-6-7-14-10(8-13)9-15(19-14)16(20)18-12-4-2-11(17)3-5-12/h2-9,19H,1H3,(H,18,20). The smallest absolute Gasteiger partial charge is 0.272 e. The third-order valence-electron chi connectivity index (χ3n) is 3.17. The first-order chi connectivity index (χ1) is 10.2. The van der Waals surface area contributed by atoms with Gasteiger partial charge in [0, 0.05) is 21.6 Å². The number of aromatic nitrogens is 1. The molecule has 1 amide bonds. The van der Waals surface area contributed by atoms with E-state index in [-0.39, 0.29) is 5.91 Å². The van der Waals surface area contributed by atoms with Crippen molar-refractivity contribution >= 4 is 34.1 Å². The minimum Gasteiger partial charge on any atom is -0.497 e. The van der Waals surface area contributed by atoms with Crippen LogP contribution in [0.4, 0.5) is 5.69 Å². The van der Waals surface area contributed by atoms with Crippen LogP contribution in [0.1, 0.15) is 10.5 Å². The molecule has 5 heteroatoms. The minimum atomic E-state index is -0.201. The van der Waals surface area contributed by atoms with E-state index in [0.717, 1.165) is 16.7 Å². The number of rotatable bonds is 3. The van der Waals surface area contributed by atoms with Crippen molar-refractivity contribution in [2.45, 2.75) is 0 Å². The van der Waals surface area contributed by atoms with Crippen LogP contribution in [-0.2, 0) is 0 Å². The number of ether oxygens (including phenoxy) is 1. The van der Waals surface area contributed by atoms with Crippen molar-refractivity contribution in [1.82, 2.24) is 4.98 Å². The molecule has 0 spiro atoms. The van der Waals surface area contributed by atoms with Crippen LogP contribution in [0, 0.1) is 0 Å². The summed E-state index contributed by atoms with van der Waals surface area (Å²) in [4.78, 5) is 15.3. The van der Waals surface area contributed by atoms with Gasteiger partial charge in [-0.25, -0.2) is 0 Å². The number of anilines is 1. The Kier molecular flexibility index (Phi) is 3.54. The molecule has 0 fully saturated rings. The van der Waals surface area contributed by atoms with E-state index in [9.17, 15) is 4.79 Å². The highest BCUT2D eigenvalue weighted by Crippen LogP contribution is 2.22. The lowest BCUT2D eigenvalue weighted by Crippen LogP contribution is -2.11. The molecule has 0 saturated heterocycles. The summed E-state index contributed by atoms with van der Waals surface area (Å²) in [5, 5.41) is 4.37. The van der Waals surface area contributed by atoms with Gasteiger partial charge in [0.05, 0.1) is 7.11 Å². The minimum absolute atomic E-state index is 0.201. The first kappa shape index (κ1) is 13.5. The van der Waals surface area contributed by atoms with E-state index < -0.39 is 0 Å². The Labute approximate surface area is 126 Å². The summed E-state index contributed by atoms with van der Waals surface area (Å²) >= 11 is 5.82. The Balaban J connectivity index is 1.85. The summed E-state index contributed by atoms with van der Waals surface area (Å²) in [6, 6.07) is 14.4. The van der Waals surface area contributed by atoms with E-state index in [1.807, 2.05) is 18.2 Å². The van der Waals surface area contributed by atoms with Crippen LogP contribution in [0.2, 0.25) is 5.02 Å². The number of benzene rings is 2. The normalized spacial score (nSPS) is 10.6. The van der Waals surface area contributed by atoms with E-state index in [2.05, 4.69) is 10.3 Å². The molecule has 0 aliphatic carbocycles. The van der Waals surface area contributed by atoms with E-state index >= 15 is 0 Å². The summed E-state index contributed by atoms with van der Waals surface area (Å²) in [5.74, 6) is 0.554. The van der Waals surface area contributed by atoms with Crippen LogP contribution in [0.25, 0.3) is 10.9 Å². The fraction of sp³-hybridized carbons (Fsp3) is 0.0625. The number of H-pyrrole nitrogens is 1. The van der Waals surface area contributed by atoms with Crippen LogP contribution in [-0.4, -0.2) is 18.0 Å². The SMILES string of the molecule is COc1ccc2[nH]c(C(=O)Nc3ccc(Cl)cc3)cc2c1. The fourth-order valence-corrected chi connectivity index (χ4v) is 2.22. The van der Waals surface area contributed by atoms with Crippen molar-refractivity contribution in [3.8, 4) is 5.75 Å². The van der Waals surface area contributed by atoms with Gasteiger partial charge in [0.2, 0.25) is 0 Å². The van der Waals surface area contributed by atoms with Crippen molar-refractivity contribution in [3.63, 3.8) is 0 Å². The second-order valence-corrected chi connectivity index (χ2v) is 5.03. The zero-order valence-corrected chi connectivity index (χ0v) is 12.1. The maximum Gasteiger partial charge on any atom is 0.272 e. The number of aromatic amines is 1. The third-order valence-corrected chi connectivity index (χ3v) is 3.43. The van der Waals surface area contributed by atoms with E-state index in [1.165, 1.54) is 0 Å². The van der Waals surface area contributed by atoms with Gasteiger partial charge in [-0.05, 0) is 48.5 Å². The molecule has 4 nitrogen and oxygen atoms in total. The number of halogens is 1. The largest absolute Gasteiger partial charge is 0.497 e. The van der Waals surface area contributed by atoms with E-state index in [1.54, 1.807) is 37.4 Å². The van der Waals surface area contributed by atoms with Crippen molar-refractivity contribution < 1.29 is 9.53 Å². The highest BCUT2D eigenvalue weighted by atomic mass is 35.5. The number of methoxy groups -OCH3 is 1. The molecule has 0 unspecified atom stereocenters. The van der Waals surface area contributed by atoms with Crippen molar-refractivity contribution in [1.29, 1.82) is 0 Å². The predicted octanol–water partition coefficient (Wildman–Crippen LogP) is 4.08. The van der Waals surface area contributed by atoms with Gasteiger partial charge in [0.1, 0.15) is 11.4 Å². The Morgan fingerprint density at radius 2 is 1.90 bits per heavy atom. The molecule has 2 N–H and O–H groups in total. The number of hydrogen-bond acceptors (Lipinski definition) is 2. The summed E-state index contributed by atoms with van der Waals surface area (Å²) in [6.45, 7) is 0. The van der Waals surface area contributed by atoms with Gasteiger partial charge in [-0.2, -0.15) is 0 Å². The van der Waals surface area contributed by atoms with Crippen LogP contribution >= 0.6 is 11.6 Å². The lowest BCUT2D eigenvalue weighted by Gasteiger charge is -2.03. The molecule has 0 atom stereocenters. The van der Waals surface area contributed by atoms with Crippen molar-refractivity contribution in [2.75, 3.05) is 12.4 Å². The molecule has 0 bridgehead atoms. The van der Waals surface area contributed by atoms with Gasteiger partial charge in [-0.1, -0.05) is 11.6 Å². The molecule has 21 heavy (non-hydrogen) atoms. The summed E-state index contributed by atoms with van der Waals surface area (Å²) < 4.78 is 5.17. The maximum absolute atomic E-state index is 12.2. The molecule has 0 radical (unpaired) electrons. The van der Waals surface area contributed by atoms with Crippen LogP contribution < -0.4 is 10.1 Å². The van der Waals surface area contributed by atoms with Crippen molar-refractivity contribution in [2.24, 2.45) is 0 Å². The Hall–Kier alpha value is -2.46. The third kappa shape index (κ3) is 2.85. The molecule has 0 aliphatic rings. The van der Waals surface area contributed by atoms with Gasteiger partial charge < -0.3 is 15.0 Å². The van der Waals surface area contributed by atoms with Crippen LogP contribution in [0.15, 0.2) is 48.5 Å². The number of carbonyl (C=O) groups excluding carboxylic acids is 1. The molecule has 2 aromatic carbocycles. The average Bonchev–Trinajstić information content (AvgIpc) is 2.92. The second kappa shape index (κ2) is 5.50. The molecule has 3 aromatic rings. The molecular formula is C16H13ClN2O2.